The molecule has 2 heterocycles. The SMILES string of the molecule is CNC(=O)c1cc2c3[nH]c4cc5c(cc4cc-3cc2cc1OC)OCO5. The van der Waals surface area contributed by atoms with Crippen molar-refractivity contribution >= 4 is 27.6 Å². The number of aromatic nitrogens is 1. The summed E-state index contributed by atoms with van der Waals surface area (Å²) in [6, 6.07) is 11.9. The average Bonchev–Trinajstić information content (AvgIpc) is 3.25. The van der Waals surface area contributed by atoms with Crippen LogP contribution in [0.2, 0.25) is 0 Å². The number of rotatable bonds is 2. The van der Waals surface area contributed by atoms with Gasteiger partial charge in [0.25, 0.3) is 5.91 Å². The highest BCUT2D eigenvalue weighted by atomic mass is 16.7. The second-order valence-electron chi connectivity index (χ2n) is 6.26. The third-order valence-electron chi connectivity index (χ3n) is 4.83. The van der Waals surface area contributed by atoms with Gasteiger partial charge in [-0.3, -0.25) is 4.79 Å². The van der Waals surface area contributed by atoms with Crippen molar-refractivity contribution in [3.05, 3.63) is 42.0 Å². The van der Waals surface area contributed by atoms with Crippen molar-refractivity contribution in [3.8, 4) is 28.5 Å². The van der Waals surface area contributed by atoms with Gasteiger partial charge in [-0.15, -0.1) is 0 Å². The van der Waals surface area contributed by atoms with Crippen molar-refractivity contribution in [1.29, 1.82) is 0 Å². The first-order valence-electron chi connectivity index (χ1n) is 8.27. The quantitative estimate of drug-likeness (QED) is 0.581. The Morgan fingerprint density at radius 1 is 1.08 bits per heavy atom. The first-order chi connectivity index (χ1) is 12.7. The first-order valence-corrected chi connectivity index (χ1v) is 8.27. The van der Waals surface area contributed by atoms with Gasteiger partial charge >= 0.3 is 0 Å². The molecule has 2 N–H and O–H groups in total. The number of H-pyrrole nitrogens is 1. The smallest absolute Gasteiger partial charge is 0.254 e. The molecule has 0 radical (unpaired) electrons. The minimum Gasteiger partial charge on any atom is -0.496 e. The van der Waals surface area contributed by atoms with E-state index in [0.717, 1.165) is 44.4 Å². The van der Waals surface area contributed by atoms with E-state index in [2.05, 4.69) is 22.4 Å². The lowest BCUT2D eigenvalue weighted by Crippen LogP contribution is -2.18. The van der Waals surface area contributed by atoms with E-state index in [0.29, 0.717) is 11.3 Å². The molecule has 6 nitrogen and oxygen atoms in total. The van der Waals surface area contributed by atoms with Gasteiger partial charge in [0.2, 0.25) is 6.79 Å². The summed E-state index contributed by atoms with van der Waals surface area (Å²) in [5.41, 5.74) is 3.49. The molecule has 0 atom stereocenters. The molecule has 6 heteroatoms. The zero-order valence-electron chi connectivity index (χ0n) is 14.3. The summed E-state index contributed by atoms with van der Waals surface area (Å²) in [6.45, 7) is 0.246. The van der Waals surface area contributed by atoms with Crippen molar-refractivity contribution in [2.45, 2.75) is 0 Å². The second-order valence-corrected chi connectivity index (χ2v) is 6.26. The van der Waals surface area contributed by atoms with Crippen LogP contribution in [0, 0.1) is 0 Å². The van der Waals surface area contributed by atoms with Crippen molar-refractivity contribution < 1.29 is 19.0 Å². The normalized spacial score (nSPS) is 12.8. The molecule has 0 saturated heterocycles. The lowest BCUT2D eigenvalue weighted by molar-refractivity contribution is 0.0960. The predicted molar refractivity (Wildman–Crippen MR) is 98.5 cm³/mol. The number of methoxy groups -OCH3 is 1. The van der Waals surface area contributed by atoms with Crippen LogP contribution in [0.3, 0.4) is 0 Å². The molecule has 1 aliphatic carbocycles. The molecule has 130 valence electrons. The maximum absolute atomic E-state index is 12.2. The summed E-state index contributed by atoms with van der Waals surface area (Å²) in [4.78, 5) is 15.7. The molecule has 0 bridgehead atoms. The maximum atomic E-state index is 12.2. The molecule has 1 amide bonds. The van der Waals surface area contributed by atoms with Crippen LogP contribution < -0.4 is 19.5 Å². The number of pyridine rings is 1. The van der Waals surface area contributed by atoms with Crippen molar-refractivity contribution in [1.82, 2.24) is 10.3 Å². The minimum absolute atomic E-state index is 0.178. The van der Waals surface area contributed by atoms with Crippen LogP contribution in [0.4, 0.5) is 0 Å². The topological polar surface area (TPSA) is 72.6 Å². The van der Waals surface area contributed by atoms with Gasteiger partial charge in [0, 0.05) is 29.4 Å². The van der Waals surface area contributed by atoms with E-state index >= 15 is 0 Å². The highest BCUT2D eigenvalue weighted by molar-refractivity contribution is 6.09. The molecule has 0 saturated carbocycles. The number of fused-ring (bicyclic) bond motifs is 5. The van der Waals surface area contributed by atoms with Gasteiger partial charge in [-0.25, -0.2) is 0 Å². The van der Waals surface area contributed by atoms with Gasteiger partial charge in [0.1, 0.15) is 5.75 Å². The molecule has 3 aliphatic rings. The summed E-state index contributed by atoms with van der Waals surface area (Å²) in [6.07, 6.45) is 0. The van der Waals surface area contributed by atoms with Crippen LogP contribution >= 0.6 is 0 Å². The zero-order chi connectivity index (χ0) is 17.8. The first kappa shape index (κ1) is 14.9. The zero-order valence-corrected chi connectivity index (χ0v) is 14.3. The highest BCUT2D eigenvalue weighted by Gasteiger charge is 2.20. The summed E-state index contributed by atoms with van der Waals surface area (Å²) in [5, 5.41) is 5.68. The summed E-state index contributed by atoms with van der Waals surface area (Å²) in [7, 11) is 3.18. The molecule has 2 aromatic rings. The van der Waals surface area contributed by atoms with Gasteiger partial charge in [-0.1, -0.05) is 0 Å². The predicted octanol–water partition coefficient (Wildman–Crippen LogP) is 3.52. The number of hydrogen-bond donors (Lipinski definition) is 2. The Morgan fingerprint density at radius 2 is 1.85 bits per heavy atom. The Morgan fingerprint density at radius 3 is 2.62 bits per heavy atom. The number of carbonyl (C=O) groups excluding carboxylic acids is 1. The molecule has 0 aromatic heterocycles. The molecule has 26 heavy (non-hydrogen) atoms. The lowest BCUT2D eigenvalue weighted by atomic mass is 10.1. The number of benzene rings is 2. The fourth-order valence-electron chi connectivity index (χ4n) is 3.55. The molecule has 0 fully saturated rings. The fraction of sp³-hybridized carbons (Fsp3) is 0.150. The second kappa shape index (κ2) is 5.29. The van der Waals surface area contributed by atoms with E-state index in [-0.39, 0.29) is 12.7 Å². The average molecular weight is 348 g/mol. The highest BCUT2D eigenvalue weighted by Crippen LogP contribution is 2.41. The van der Waals surface area contributed by atoms with Crippen LogP contribution in [0.1, 0.15) is 10.4 Å². The monoisotopic (exact) mass is 348 g/mol. The molecule has 0 spiro atoms. The molecular weight excluding hydrogens is 332 g/mol. The van der Waals surface area contributed by atoms with Crippen LogP contribution in [-0.2, 0) is 0 Å². The van der Waals surface area contributed by atoms with E-state index in [1.54, 1.807) is 14.2 Å². The Kier molecular flexibility index (Phi) is 3.03. The van der Waals surface area contributed by atoms with Gasteiger partial charge in [-0.05, 0) is 41.3 Å². The van der Waals surface area contributed by atoms with Gasteiger partial charge < -0.3 is 24.5 Å². The maximum Gasteiger partial charge on any atom is 0.254 e. The van der Waals surface area contributed by atoms with Gasteiger partial charge in [-0.2, -0.15) is 0 Å². The van der Waals surface area contributed by atoms with E-state index in [1.807, 2.05) is 24.3 Å². The number of ether oxygens (including phenoxy) is 3. The van der Waals surface area contributed by atoms with Crippen molar-refractivity contribution in [2.24, 2.45) is 0 Å². The summed E-state index contributed by atoms with van der Waals surface area (Å²) < 4.78 is 16.3. The fourth-order valence-corrected chi connectivity index (χ4v) is 3.55. The Bertz CT molecular complexity index is 1160. The number of nitrogens with one attached hydrogen (secondary N) is 2. The number of amides is 1. The molecular formula is C20H16N2O4. The summed E-state index contributed by atoms with van der Waals surface area (Å²) >= 11 is 0. The van der Waals surface area contributed by atoms with Crippen molar-refractivity contribution in [2.75, 3.05) is 21.0 Å². The standard InChI is InChI=1S/C20H16N2O4/c1-21-20(23)14-7-13-10(5-16(14)24-2)3-12-4-11-6-17-18(26-9-25-17)8-15(11)22-19(12)13/h3-8,22H,9H2,1-2H3,(H,21,23). The van der Waals surface area contributed by atoms with Crippen LogP contribution in [-0.4, -0.2) is 31.8 Å². The van der Waals surface area contributed by atoms with Crippen LogP contribution in [0.15, 0.2) is 36.4 Å². The third kappa shape index (κ3) is 2.02. The van der Waals surface area contributed by atoms with Crippen LogP contribution in [0.5, 0.6) is 17.2 Å². The molecule has 0 unspecified atom stereocenters. The third-order valence-corrected chi connectivity index (χ3v) is 4.83. The number of aromatic amines is 1. The Hall–Kier alpha value is -3.41. The number of hydrogen-bond acceptors (Lipinski definition) is 4. The van der Waals surface area contributed by atoms with E-state index < -0.39 is 0 Å². The Balaban J connectivity index is 1.81. The molecule has 2 aliphatic heterocycles. The van der Waals surface area contributed by atoms with Gasteiger partial charge in [0.05, 0.1) is 18.4 Å². The van der Waals surface area contributed by atoms with E-state index in [4.69, 9.17) is 14.2 Å². The minimum atomic E-state index is -0.178. The molecule has 5 rings (SSSR count). The molecule has 2 aromatic carbocycles. The summed E-state index contributed by atoms with van der Waals surface area (Å²) in [5.74, 6) is 1.86. The lowest BCUT2D eigenvalue weighted by Gasteiger charge is -2.09. The van der Waals surface area contributed by atoms with Crippen LogP contribution in [0.25, 0.3) is 32.9 Å². The van der Waals surface area contributed by atoms with E-state index in [9.17, 15) is 4.79 Å². The largest absolute Gasteiger partial charge is 0.496 e. The van der Waals surface area contributed by atoms with E-state index in [1.165, 1.54) is 0 Å². The number of carbonyl (C=O) groups is 1. The Labute approximate surface area is 149 Å². The van der Waals surface area contributed by atoms with Gasteiger partial charge in [0.15, 0.2) is 11.5 Å². The van der Waals surface area contributed by atoms with Crippen molar-refractivity contribution in [3.63, 3.8) is 0 Å².